The van der Waals surface area contributed by atoms with Gasteiger partial charge in [-0.15, -0.1) is 0 Å². The van der Waals surface area contributed by atoms with E-state index in [2.05, 4.69) is 26.7 Å². The number of rotatable bonds is 7. The van der Waals surface area contributed by atoms with Gasteiger partial charge in [-0.1, -0.05) is 0 Å². The number of aryl methyl sites for hydroxylation is 1. The molecule has 1 fully saturated rings. The first-order valence-electron chi connectivity index (χ1n) is 7.81. The van der Waals surface area contributed by atoms with Crippen LogP contribution >= 0.6 is 0 Å². The largest absolute Gasteiger partial charge is 0.384 e. The van der Waals surface area contributed by atoms with Crippen LogP contribution in [0.1, 0.15) is 19.8 Å². The lowest BCUT2D eigenvalue weighted by Gasteiger charge is -2.21. The molecule has 1 aliphatic heterocycles. The zero-order chi connectivity index (χ0) is 14.9. The molecule has 1 saturated heterocycles. The van der Waals surface area contributed by atoms with Crippen LogP contribution < -0.4 is 5.32 Å². The Balaban J connectivity index is 1.79. The molecule has 0 amide bonds. The van der Waals surface area contributed by atoms with Gasteiger partial charge in [-0.2, -0.15) is 0 Å². The van der Waals surface area contributed by atoms with Gasteiger partial charge in [0.1, 0.15) is 0 Å². The summed E-state index contributed by atoms with van der Waals surface area (Å²) in [6.07, 6.45) is 7.87. The molecule has 0 bridgehead atoms. The van der Waals surface area contributed by atoms with Gasteiger partial charge in [-0.05, 0) is 19.8 Å². The van der Waals surface area contributed by atoms with Gasteiger partial charge in [0.05, 0.1) is 12.9 Å². The number of hydrogen-bond donors (Lipinski definition) is 1. The molecule has 0 saturated carbocycles. The predicted octanol–water partition coefficient (Wildman–Crippen LogP) is 1.21. The summed E-state index contributed by atoms with van der Waals surface area (Å²) >= 11 is 0. The highest BCUT2D eigenvalue weighted by atomic mass is 16.5. The summed E-state index contributed by atoms with van der Waals surface area (Å²) in [5.41, 5.74) is 0. The summed E-state index contributed by atoms with van der Waals surface area (Å²) < 4.78 is 7.35. The minimum absolute atomic E-state index is 0.629. The molecule has 1 atom stereocenters. The van der Waals surface area contributed by atoms with Gasteiger partial charge in [-0.25, -0.2) is 4.98 Å². The van der Waals surface area contributed by atoms with Crippen LogP contribution in [0.2, 0.25) is 0 Å². The van der Waals surface area contributed by atoms with Crippen LogP contribution in [-0.2, 0) is 11.3 Å². The van der Waals surface area contributed by atoms with Crippen molar-refractivity contribution in [1.82, 2.24) is 19.8 Å². The number of aromatic nitrogens is 2. The molecule has 21 heavy (non-hydrogen) atoms. The number of ether oxygens (including phenoxy) is 1. The van der Waals surface area contributed by atoms with Gasteiger partial charge in [0.25, 0.3) is 0 Å². The van der Waals surface area contributed by atoms with E-state index in [-0.39, 0.29) is 0 Å². The number of methoxy groups -OCH3 is 1. The summed E-state index contributed by atoms with van der Waals surface area (Å²) in [6.45, 7) is 7.79. The van der Waals surface area contributed by atoms with E-state index in [1.165, 1.54) is 6.42 Å². The highest BCUT2D eigenvalue weighted by Crippen LogP contribution is 2.16. The molecule has 1 N–H and O–H groups in total. The molecule has 6 heteroatoms. The maximum atomic E-state index is 5.26. The Morgan fingerprint density at radius 1 is 1.52 bits per heavy atom. The van der Waals surface area contributed by atoms with Crippen LogP contribution in [0.5, 0.6) is 0 Å². The Morgan fingerprint density at radius 2 is 2.43 bits per heavy atom. The Kier molecular flexibility index (Phi) is 6.53. The molecule has 1 aromatic rings. The topological polar surface area (TPSA) is 54.7 Å². The number of hydrogen-bond acceptors (Lipinski definition) is 3. The second-order valence-corrected chi connectivity index (χ2v) is 5.45. The van der Waals surface area contributed by atoms with E-state index in [4.69, 9.17) is 9.73 Å². The molecular formula is C15H27N5O. The first-order chi connectivity index (χ1) is 10.3. The van der Waals surface area contributed by atoms with Crippen molar-refractivity contribution in [3.8, 4) is 0 Å². The average Bonchev–Trinajstić information content (AvgIpc) is 3.14. The molecule has 1 unspecified atom stereocenters. The fraction of sp³-hybridized carbons (Fsp3) is 0.733. The van der Waals surface area contributed by atoms with Gasteiger partial charge in [0, 0.05) is 58.1 Å². The van der Waals surface area contributed by atoms with Crippen molar-refractivity contribution in [3.05, 3.63) is 18.7 Å². The minimum Gasteiger partial charge on any atom is -0.384 e. The lowest BCUT2D eigenvalue weighted by Crippen LogP contribution is -2.40. The van der Waals surface area contributed by atoms with E-state index >= 15 is 0 Å². The van der Waals surface area contributed by atoms with Crippen molar-refractivity contribution in [2.24, 2.45) is 10.9 Å². The van der Waals surface area contributed by atoms with Crippen molar-refractivity contribution < 1.29 is 4.74 Å². The summed E-state index contributed by atoms with van der Waals surface area (Å²) in [4.78, 5) is 11.1. The summed E-state index contributed by atoms with van der Waals surface area (Å²) in [5, 5.41) is 3.40. The van der Waals surface area contributed by atoms with E-state index in [0.717, 1.165) is 51.7 Å². The molecule has 6 nitrogen and oxygen atoms in total. The van der Waals surface area contributed by atoms with Gasteiger partial charge in [0.15, 0.2) is 5.96 Å². The fourth-order valence-corrected chi connectivity index (χ4v) is 2.68. The Bertz CT molecular complexity index is 418. The lowest BCUT2D eigenvalue weighted by molar-refractivity contribution is 0.157. The Hall–Kier alpha value is -1.56. The zero-order valence-electron chi connectivity index (χ0n) is 13.2. The highest BCUT2D eigenvalue weighted by molar-refractivity contribution is 5.80. The van der Waals surface area contributed by atoms with Crippen molar-refractivity contribution >= 4 is 5.96 Å². The second-order valence-electron chi connectivity index (χ2n) is 5.45. The van der Waals surface area contributed by atoms with E-state index < -0.39 is 0 Å². The first kappa shape index (κ1) is 15.8. The van der Waals surface area contributed by atoms with Crippen LogP contribution in [0.4, 0.5) is 0 Å². The van der Waals surface area contributed by atoms with E-state index in [1.807, 2.05) is 18.7 Å². The summed E-state index contributed by atoms with van der Waals surface area (Å²) in [7, 11) is 1.78. The molecule has 1 aromatic heterocycles. The molecule has 2 heterocycles. The Morgan fingerprint density at radius 3 is 3.14 bits per heavy atom. The molecule has 0 radical (unpaired) electrons. The molecule has 0 aromatic carbocycles. The first-order valence-corrected chi connectivity index (χ1v) is 7.81. The van der Waals surface area contributed by atoms with Crippen molar-refractivity contribution in [1.29, 1.82) is 0 Å². The van der Waals surface area contributed by atoms with Gasteiger partial charge < -0.3 is 19.5 Å². The minimum atomic E-state index is 0.629. The van der Waals surface area contributed by atoms with Crippen LogP contribution in [0.3, 0.4) is 0 Å². The van der Waals surface area contributed by atoms with Crippen molar-refractivity contribution in [2.45, 2.75) is 26.3 Å². The van der Waals surface area contributed by atoms with Gasteiger partial charge in [-0.3, -0.25) is 4.99 Å². The normalized spacial score (nSPS) is 19.2. The number of nitrogens with zero attached hydrogens (tertiary/aromatic N) is 4. The van der Waals surface area contributed by atoms with E-state index in [0.29, 0.717) is 5.92 Å². The van der Waals surface area contributed by atoms with Gasteiger partial charge in [0.2, 0.25) is 0 Å². The van der Waals surface area contributed by atoms with Crippen LogP contribution in [-0.4, -0.2) is 60.3 Å². The molecule has 2 rings (SSSR count). The standard InChI is InChI=1S/C15H27N5O/c1-3-17-15(20-9-5-14(11-20)12-21-2)18-6-4-8-19-10-7-16-13-19/h7,10,13-14H,3-6,8-9,11-12H2,1-2H3,(H,17,18). The summed E-state index contributed by atoms with van der Waals surface area (Å²) in [6, 6.07) is 0. The number of guanidine groups is 1. The van der Waals surface area contributed by atoms with Crippen LogP contribution in [0.15, 0.2) is 23.7 Å². The highest BCUT2D eigenvalue weighted by Gasteiger charge is 2.24. The van der Waals surface area contributed by atoms with Crippen molar-refractivity contribution in [3.63, 3.8) is 0 Å². The number of aliphatic imine (C=N–C) groups is 1. The van der Waals surface area contributed by atoms with Crippen molar-refractivity contribution in [2.75, 3.05) is 39.9 Å². The number of nitrogens with one attached hydrogen (secondary N) is 1. The quantitative estimate of drug-likeness (QED) is 0.466. The maximum Gasteiger partial charge on any atom is 0.193 e. The molecule has 0 aliphatic carbocycles. The maximum absolute atomic E-state index is 5.26. The van der Waals surface area contributed by atoms with E-state index in [9.17, 15) is 0 Å². The van der Waals surface area contributed by atoms with Gasteiger partial charge >= 0.3 is 0 Å². The molecule has 0 spiro atoms. The van der Waals surface area contributed by atoms with E-state index in [1.54, 1.807) is 7.11 Å². The smallest absolute Gasteiger partial charge is 0.193 e. The lowest BCUT2D eigenvalue weighted by atomic mass is 10.1. The number of likely N-dealkylation sites (tertiary alicyclic amines) is 1. The Labute approximate surface area is 127 Å². The fourth-order valence-electron chi connectivity index (χ4n) is 2.68. The zero-order valence-corrected chi connectivity index (χ0v) is 13.2. The third-order valence-corrected chi connectivity index (χ3v) is 3.72. The SMILES string of the molecule is CCNC(=NCCCn1ccnc1)N1CCC(COC)C1. The summed E-state index contributed by atoms with van der Waals surface area (Å²) in [5.74, 6) is 1.67. The van der Waals surface area contributed by atoms with Crippen LogP contribution in [0, 0.1) is 5.92 Å². The third kappa shape index (κ3) is 5.04. The molecular weight excluding hydrogens is 266 g/mol. The third-order valence-electron chi connectivity index (χ3n) is 3.72. The monoisotopic (exact) mass is 293 g/mol. The van der Waals surface area contributed by atoms with Crippen LogP contribution in [0.25, 0.3) is 0 Å². The second kappa shape index (κ2) is 8.67. The molecule has 1 aliphatic rings. The predicted molar refractivity (Wildman–Crippen MR) is 84.4 cm³/mol. The average molecular weight is 293 g/mol. The molecule has 118 valence electrons. The number of imidazole rings is 1.